The van der Waals surface area contributed by atoms with Crippen molar-refractivity contribution in [3.05, 3.63) is 35.4 Å². The van der Waals surface area contributed by atoms with Crippen LogP contribution >= 0.6 is 0 Å². The van der Waals surface area contributed by atoms with Crippen molar-refractivity contribution >= 4 is 5.91 Å². The fourth-order valence-corrected chi connectivity index (χ4v) is 4.17. The summed E-state index contributed by atoms with van der Waals surface area (Å²) in [6, 6.07) is 9.38. The van der Waals surface area contributed by atoms with Gasteiger partial charge in [-0.1, -0.05) is 43.7 Å². The zero-order valence-electron chi connectivity index (χ0n) is 15.3. The van der Waals surface area contributed by atoms with Crippen molar-refractivity contribution < 1.29 is 9.90 Å². The van der Waals surface area contributed by atoms with E-state index in [-0.39, 0.29) is 30.4 Å². The predicted octanol–water partition coefficient (Wildman–Crippen LogP) is 3.21. The number of nitrogens with zero attached hydrogens (tertiary/aromatic N) is 2. The molecule has 1 heterocycles. The summed E-state index contributed by atoms with van der Waals surface area (Å²) < 4.78 is 0. The molecular weight excluding hydrogens is 324 g/mol. The molecule has 1 N–H and O–H groups in total. The molecule has 1 aromatic carbocycles. The molecule has 1 saturated carbocycles. The largest absolute Gasteiger partial charge is 0.394 e. The third kappa shape index (κ3) is 3.48. The van der Waals surface area contributed by atoms with Crippen LogP contribution in [0.1, 0.15) is 62.5 Å². The van der Waals surface area contributed by atoms with Gasteiger partial charge in [-0.05, 0) is 37.0 Å². The molecule has 0 bridgehead atoms. The maximum Gasteiger partial charge on any atom is 0.227 e. The van der Waals surface area contributed by atoms with Crippen molar-refractivity contribution in [2.24, 2.45) is 5.92 Å². The number of nitriles is 1. The molecule has 2 fully saturated rings. The Morgan fingerprint density at radius 1 is 1.27 bits per heavy atom. The number of rotatable bonds is 4. The molecule has 1 aromatic rings. The van der Waals surface area contributed by atoms with Crippen LogP contribution in [0.25, 0.3) is 0 Å². The van der Waals surface area contributed by atoms with Crippen LogP contribution in [0.2, 0.25) is 0 Å². The lowest BCUT2D eigenvalue weighted by Gasteiger charge is -2.52. The molecule has 2 aliphatic rings. The summed E-state index contributed by atoms with van der Waals surface area (Å²) in [4.78, 5) is 14.4. The Bertz CT molecular complexity index is 732. The van der Waals surface area contributed by atoms with E-state index in [0.29, 0.717) is 0 Å². The van der Waals surface area contributed by atoms with E-state index in [4.69, 9.17) is 0 Å². The molecule has 26 heavy (non-hydrogen) atoms. The van der Waals surface area contributed by atoms with Gasteiger partial charge in [0.15, 0.2) is 0 Å². The normalized spacial score (nSPS) is 25.1. The van der Waals surface area contributed by atoms with Gasteiger partial charge in [-0.2, -0.15) is 5.26 Å². The maximum absolute atomic E-state index is 12.8. The highest BCUT2D eigenvalue weighted by molar-refractivity contribution is 5.82. The highest BCUT2D eigenvalue weighted by atomic mass is 16.3. The van der Waals surface area contributed by atoms with Crippen molar-refractivity contribution in [3.63, 3.8) is 0 Å². The number of hydrogen-bond acceptors (Lipinski definition) is 3. The van der Waals surface area contributed by atoms with E-state index in [2.05, 4.69) is 24.8 Å². The number of carbonyl (C=O) groups excluding carboxylic acids is 1. The lowest BCUT2D eigenvalue weighted by molar-refractivity contribution is -0.151. The first-order chi connectivity index (χ1) is 12.7. The first-order valence-corrected chi connectivity index (χ1v) is 9.62. The standard InChI is InChI=1S/C22H26N2O2/c1-2-3-4-7-16-10-12-17(13-11-16)21-19(14-23)24(20(21)15-25)22(26)18-8-5-6-9-18/h10-13,18-21,25H,2-3,5-6,8-9,15H2,1H3/t19-,20+,21-/m1/s1. The van der Waals surface area contributed by atoms with Gasteiger partial charge in [0.2, 0.25) is 5.91 Å². The van der Waals surface area contributed by atoms with E-state index in [9.17, 15) is 15.2 Å². The SMILES string of the molecule is CCCC#Cc1ccc([C@@H]2[C@@H](C#N)N(C(=O)C3CCCC3)[C@H]2CO)cc1. The van der Waals surface area contributed by atoms with Crippen LogP contribution in [0.3, 0.4) is 0 Å². The first-order valence-electron chi connectivity index (χ1n) is 9.62. The number of hydrogen-bond donors (Lipinski definition) is 1. The van der Waals surface area contributed by atoms with E-state index in [1.54, 1.807) is 4.90 Å². The van der Waals surface area contributed by atoms with Crippen LogP contribution in [-0.4, -0.2) is 34.6 Å². The molecule has 0 aromatic heterocycles. The number of amides is 1. The lowest BCUT2D eigenvalue weighted by Crippen LogP contribution is -2.66. The third-order valence-corrected chi connectivity index (χ3v) is 5.59. The number of aliphatic hydroxyl groups excluding tert-OH is 1. The van der Waals surface area contributed by atoms with Crippen LogP contribution in [0.15, 0.2) is 24.3 Å². The second-order valence-electron chi connectivity index (χ2n) is 7.25. The average Bonchev–Trinajstić information content (AvgIpc) is 3.18. The van der Waals surface area contributed by atoms with Gasteiger partial charge in [-0.25, -0.2) is 0 Å². The molecular formula is C22H26N2O2. The third-order valence-electron chi connectivity index (χ3n) is 5.59. The zero-order valence-corrected chi connectivity index (χ0v) is 15.3. The van der Waals surface area contributed by atoms with E-state index in [0.717, 1.165) is 49.7 Å². The van der Waals surface area contributed by atoms with Crippen LogP contribution in [0.5, 0.6) is 0 Å². The number of unbranched alkanes of at least 4 members (excludes halogenated alkanes) is 1. The molecule has 0 spiro atoms. The van der Waals surface area contributed by atoms with Crippen molar-refractivity contribution in [3.8, 4) is 17.9 Å². The molecule has 136 valence electrons. The Morgan fingerprint density at radius 2 is 1.96 bits per heavy atom. The van der Waals surface area contributed by atoms with E-state index < -0.39 is 6.04 Å². The number of likely N-dealkylation sites (tertiary alicyclic amines) is 1. The van der Waals surface area contributed by atoms with Gasteiger partial charge >= 0.3 is 0 Å². The van der Waals surface area contributed by atoms with Crippen LogP contribution < -0.4 is 0 Å². The molecule has 1 aliphatic heterocycles. The Labute approximate surface area is 155 Å². The summed E-state index contributed by atoms with van der Waals surface area (Å²) in [7, 11) is 0. The van der Waals surface area contributed by atoms with Gasteiger partial charge in [0.05, 0.1) is 18.7 Å². The summed E-state index contributed by atoms with van der Waals surface area (Å²) in [5.74, 6) is 6.20. The Balaban J connectivity index is 1.76. The lowest BCUT2D eigenvalue weighted by atomic mass is 9.75. The van der Waals surface area contributed by atoms with Crippen LogP contribution in [0.4, 0.5) is 0 Å². The first kappa shape index (κ1) is 18.5. The number of carbonyl (C=O) groups is 1. The second-order valence-corrected chi connectivity index (χ2v) is 7.25. The second kappa shape index (κ2) is 8.39. The fourth-order valence-electron chi connectivity index (χ4n) is 4.17. The smallest absolute Gasteiger partial charge is 0.227 e. The Hall–Kier alpha value is -2.30. The van der Waals surface area contributed by atoms with Crippen molar-refractivity contribution in [2.75, 3.05) is 6.61 Å². The van der Waals surface area contributed by atoms with E-state index in [1.807, 2.05) is 24.3 Å². The highest BCUT2D eigenvalue weighted by Gasteiger charge is 2.52. The zero-order chi connectivity index (χ0) is 18.5. The van der Waals surface area contributed by atoms with Gasteiger partial charge in [0.1, 0.15) is 6.04 Å². The highest BCUT2D eigenvalue weighted by Crippen LogP contribution is 2.42. The minimum atomic E-state index is -0.489. The summed E-state index contributed by atoms with van der Waals surface area (Å²) in [6.07, 6.45) is 5.89. The quantitative estimate of drug-likeness (QED) is 0.848. The summed E-state index contributed by atoms with van der Waals surface area (Å²) in [6.45, 7) is 1.99. The minimum absolute atomic E-state index is 0.0251. The van der Waals surface area contributed by atoms with Crippen molar-refractivity contribution in [1.29, 1.82) is 5.26 Å². The molecule has 1 saturated heterocycles. The molecule has 4 heteroatoms. The topological polar surface area (TPSA) is 64.3 Å². The van der Waals surface area contributed by atoms with Gasteiger partial charge in [0, 0.05) is 23.8 Å². The van der Waals surface area contributed by atoms with Gasteiger partial charge in [0.25, 0.3) is 0 Å². The maximum atomic E-state index is 12.8. The van der Waals surface area contributed by atoms with Gasteiger partial charge in [-0.3, -0.25) is 4.79 Å². The summed E-state index contributed by atoms with van der Waals surface area (Å²) in [5.41, 5.74) is 1.95. The average molecular weight is 350 g/mol. The van der Waals surface area contributed by atoms with E-state index in [1.165, 1.54) is 0 Å². The minimum Gasteiger partial charge on any atom is -0.394 e. The number of aliphatic hydroxyl groups is 1. The monoisotopic (exact) mass is 350 g/mol. The number of benzene rings is 1. The Morgan fingerprint density at radius 3 is 2.54 bits per heavy atom. The summed E-state index contributed by atoms with van der Waals surface area (Å²) in [5, 5.41) is 19.5. The molecule has 1 aliphatic carbocycles. The van der Waals surface area contributed by atoms with Crippen LogP contribution in [-0.2, 0) is 4.79 Å². The van der Waals surface area contributed by atoms with Crippen molar-refractivity contribution in [2.45, 2.75) is 63.5 Å². The molecule has 3 rings (SSSR count). The Kier molecular flexibility index (Phi) is 5.96. The summed E-state index contributed by atoms with van der Waals surface area (Å²) >= 11 is 0. The molecule has 0 unspecified atom stereocenters. The molecule has 3 atom stereocenters. The molecule has 1 amide bonds. The van der Waals surface area contributed by atoms with Gasteiger partial charge in [-0.15, -0.1) is 0 Å². The molecule has 4 nitrogen and oxygen atoms in total. The fraction of sp³-hybridized carbons (Fsp3) is 0.545. The van der Waals surface area contributed by atoms with Gasteiger partial charge < -0.3 is 10.0 Å². The molecule has 0 radical (unpaired) electrons. The van der Waals surface area contributed by atoms with Crippen molar-refractivity contribution in [1.82, 2.24) is 4.90 Å². The van der Waals surface area contributed by atoms with E-state index >= 15 is 0 Å². The van der Waals surface area contributed by atoms with Crippen LogP contribution in [0, 0.1) is 29.1 Å². The predicted molar refractivity (Wildman–Crippen MR) is 100 cm³/mol.